The summed E-state index contributed by atoms with van der Waals surface area (Å²) >= 11 is 7.45. The minimum absolute atomic E-state index is 0.352. The summed E-state index contributed by atoms with van der Waals surface area (Å²) < 4.78 is 0. The molecule has 0 atom stereocenters. The number of rotatable bonds is 2. The van der Waals surface area contributed by atoms with Crippen LogP contribution in [0.4, 0.5) is 4.79 Å². The van der Waals surface area contributed by atoms with Gasteiger partial charge in [0, 0.05) is 5.56 Å². The second-order valence-corrected chi connectivity index (χ2v) is 6.19. The molecule has 0 unspecified atom stereocenters. The van der Waals surface area contributed by atoms with Crippen LogP contribution in [0.3, 0.4) is 0 Å². The fraction of sp³-hybridized carbons (Fsp3) is 0.0588. The molecule has 5 heteroatoms. The first-order valence-corrected chi connectivity index (χ1v) is 7.85. The van der Waals surface area contributed by atoms with Gasteiger partial charge in [0.05, 0.1) is 9.93 Å². The van der Waals surface area contributed by atoms with E-state index in [1.54, 1.807) is 6.92 Å². The maximum Gasteiger partial charge on any atom is 0.290 e. The van der Waals surface area contributed by atoms with E-state index >= 15 is 0 Å². The minimum Gasteiger partial charge on any atom is -0.282 e. The summed E-state index contributed by atoms with van der Waals surface area (Å²) in [6.45, 7) is 1.80. The highest BCUT2D eigenvalue weighted by molar-refractivity contribution is 8.18. The third-order valence-corrected chi connectivity index (χ3v) is 4.84. The van der Waals surface area contributed by atoms with E-state index in [4.69, 9.17) is 11.6 Å². The predicted molar refractivity (Wildman–Crippen MR) is 90.6 cm³/mol. The lowest BCUT2D eigenvalue weighted by molar-refractivity contribution is -0.115. The van der Waals surface area contributed by atoms with E-state index in [-0.39, 0.29) is 11.1 Å². The lowest BCUT2D eigenvalue weighted by Gasteiger charge is -2.11. The quantitative estimate of drug-likeness (QED) is 0.811. The summed E-state index contributed by atoms with van der Waals surface area (Å²) in [5.41, 5.74) is 3.37. The van der Waals surface area contributed by atoms with Gasteiger partial charge < -0.3 is 0 Å². The third kappa shape index (κ3) is 2.67. The van der Waals surface area contributed by atoms with Gasteiger partial charge in [0.25, 0.3) is 11.1 Å². The van der Waals surface area contributed by atoms with Crippen molar-refractivity contribution in [3.63, 3.8) is 0 Å². The van der Waals surface area contributed by atoms with Gasteiger partial charge in [-0.05, 0) is 35.4 Å². The molecule has 1 saturated heterocycles. The second-order valence-electron chi connectivity index (χ2n) is 4.83. The Morgan fingerprint density at radius 1 is 1.05 bits per heavy atom. The van der Waals surface area contributed by atoms with Gasteiger partial charge in [-0.3, -0.25) is 14.9 Å². The Hall–Kier alpha value is -2.04. The maximum atomic E-state index is 11.8. The highest BCUT2D eigenvalue weighted by Gasteiger charge is 2.28. The molecule has 0 bridgehead atoms. The van der Waals surface area contributed by atoms with Crippen molar-refractivity contribution >= 4 is 40.1 Å². The van der Waals surface area contributed by atoms with E-state index in [2.05, 4.69) is 5.32 Å². The topological polar surface area (TPSA) is 46.2 Å². The standard InChI is InChI=1S/C17H12ClNO2S/c1-10(15-16(20)19-17(21)22-15)12-8-5-9-13(14(12)18)11-6-3-2-4-7-11/h2-9H,1H3,(H,19,20,21). The number of benzene rings is 2. The molecule has 2 amide bonds. The number of imide groups is 1. The maximum absolute atomic E-state index is 11.8. The summed E-state index contributed by atoms with van der Waals surface area (Å²) in [6, 6.07) is 15.5. The molecule has 2 aromatic carbocycles. The molecule has 1 aliphatic heterocycles. The zero-order valence-corrected chi connectivity index (χ0v) is 13.3. The van der Waals surface area contributed by atoms with Crippen molar-refractivity contribution in [1.82, 2.24) is 5.32 Å². The van der Waals surface area contributed by atoms with Crippen molar-refractivity contribution < 1.29 is 9.59 Å². The molecular weight excluding hydrogens is 318 g/mol. The molecule has 1 heterocycles. The van der Waals surface area contributed by atoms with Gasteiger partial charge in [0.15, 0.2) is 0 Å². The van der Waals surface area contributed by atoms with E-state index in [0.29, 0.717) is 15.5 Å². The summed E-state index contributed by atoms with van der Waals surface area (Å²) in [7, 11) is 0. The number of nitrogens with one attached hydrogen (secondary N) is 1. The van der Waals surface area contributed by atoms with Crippen LogP contribution in [0.5, 0.6) is 0 Å². The lowest BCUT2D eigenvalue weighted by Crippen LogP contribution is -2.18. The van der Waals surface area contributed by atoms with Gasteiger partial charge in [-0.25, -0.2) is 0 Å². The average Bonchev–Trinajstić information content (AvgIpc) is 2.86. The fourth-order valence-electron chi connectivity index (χ4n) is 2.35. The number of carbonyl (C=O) groups excluding carboxylic acids is 2. The molecule has 0 radical (unpaired) electrons. The van der Waals surface area contributed by atoms with Gasteiger partial charge in [0.2, 0.25) is 0 Å². The molecule has 1 N–H and O–H groups in total. The number of carbonyl (C=O) groups is 2. The molecule has 0 aliphatic carbocycles. The number of amides is 2. The van der Waals surface area contributed by atoms with Crippen LogP contribution in [0.2, 0.25) is 5.02 Å². The van der Waals surface area contributed by atoms with Gasteiger partial charge in [-0.2, -0.15) is 0 Å². The van der Waals surface area contributed by atoms with Crippen LogP contribution < -0.4 is 5.32 Å². The van der Waals surface area contributed by atoms with Crippen LogP contribution >= 0.6 is 23.4 Å². The first-order valence-electron chi connectivity index (χ1n) is 6.66. The van der Waals surface area contributed by atoms with E-state index in [1.165, 1.54) is 0 Å². The first-order chi connectivity index (χ1) is 10.6. The molecule has 1 fully saturated rings. The predicted octanol–water partition coefficient (Wildman–Crippen LogP) is 4.72. The molecule has 2 aromatic rings. The molecule has 0 aromatic heterocycles. The monoisotopic (exact) mass is 329 g/mol. The Morgan fingerprint density at radius 3 is 2.41 bits per heavy atom. The SMILES string of the molecule is CC(=C1SC(=O)NC1=O)c1cccc(-c2ccccc2)c1Cl. The van der Waals surface area contributed by atoms with Crippen LogP contribution in [-0.4, -0.2) is 11.1 Å². The van der Waals surface area contributed by atoms with Crippen molar-refractivity contribution in [2.24, 2.45) is 0 Å². The first kappa shape index (κ1) is 14.9. The normalized spacial score (nSPS) is 16.6. The van der Waals surface area contributed by atoms with Crippen molar-refractivity contribution in [3.05, 3.63) is 64.0 Å². The summed E-state index contributed by atoms with van der Waals surface area (Å²) in [4.78, 5) is 23.5. The summed E-state index contributed by atoms with van der Waals surface area (Å²) in [6.07, 6.45) is 0. The highest BCUT2D eigenvalue weighted by Crippen LogP contribution is 2.38. The Labute approximate surface area is 137 Å². The van der Waals surface area contributed by atoms with E-state index in [1.807, 2.05) is 48.5 Å². The van der Waals surface area contributed by atoms with Gasteiger partial charge >= 0.3 is 0 Å². The molecule has 0 saturated carbocycles. The molecule has 1 aliphatic rings. The molecule has 110 valence electrons. The molecular formula is C17H12ClNO2S. The van der Waals surface area contributed by atoms with Crippen molar-refractivity contribution in [3.8, 4) is 11.1 Å². The van der Waals surface area contributed by atoms with E-state index < -0.39 is 0 Å². The average molecular weight is 330 g/mol. The number of hydrogen-bond donors (Lipinski definition) is 1. The largest absolute Gasteiger partial charge is 0.290 e. The smallest absolute Gasteiger partial charge is 0.282 e. The second kappa shape index (κ2) is 5.99. The van der Waals surface area contributed by atoms with Crippen LogP contribution in [0.25, 0.3) is 16.7 Å². The van der Waals surface area contributed by atoms with Crippen LogP contribution in [0.1, 0.15) is 12.5 Å². The number of hydrogen-bond acceptors (Lipinski definition) is 3. The summed E-state index contributed by atoms with van der Waals surface area (Å²) in [5.74, 6) is -0.367. The number of allylic oxidation sites excluding steroid dienone is 1. The molecule has 22 heavy (non-hydrogen) atoms. The molecule has 3 rings (SSSR count). The van der Waals surface area contributed by atoms with Crippen molar-refractivity contribution in [2.45, 2.75) is 6.92 Å². The zero-order valence-electron chi connectivity index (χ0n) is 11.7. The van der Waals surface area contributed by atoms with Crippen molar-refractivity contribution in [2.75, 3.05) is 0 Å². The Kier molecular flexibility index (Phi) is 4.05. The number of halogens is 1. The number of thioether (sulfide) groups is 1. The third-order valence-electron chi connectivity index (χ3n) is 3.44. The van der Waals surface area contributed by atoms with Crippen LogP contribution in [0.15, 0.2) is 53.4 Å². The highest BCUT2D eigenvalue weighted by atomic mass is 35.5. The van der Waals surface area contributed by atoms with Crippen molar-refractivity contribution in [1.29, 1.82) is 0 Å². The molecule has 0 spiro atoms. The van der Waals surface area contributed by atoms with Gasteiger partial charge in [0.1, 0.15) is 0 Å². The Balaban J connectivity index is 2.12. The van der Waals surface area contributed by atoms with Crippen LogP contribution in [-0.2, 0) is 4.79 Å². The van der Waals surface area contributed by atoms with Gasteiger partial charge in [-0.1, -0.05) is 60.1 Å². The zero-order chi connectivity index (χ0) is 15.7. The fourth-order valence-corrected chi connectivity index (χ4v) is 3.46. The van der Waals surface area contributed by atoms with Crippen LogP contribution in [0, 0.1) is 0 Å². The van der Waals surface area contributed by atoms with Gasteiger partial charge in [-0.15, -0.1) is 0 Å². The lowest BCUT2D eigenvalue weighted by atomic mass is 9.99. The van der Waals surface area contributed by atoms with E-state index in [9.17, 15) is 9.59 Å². The molecule has 3 nitrogen and oxygen atoms in total. The Bertz CT molecular complexity index is 800. The Morgan fingerprint density at radius 2 is 1.77 bits per heavy atom. The minimum atomic E-state index is -0.367. The summed E-state index contributed by atoms with van der Waals surface area (Å²) in [5, 5.41) is 2.49. The van der Waals surface area contributed by atoms with E-state index in [0.717, 1.165) is 28.5 Å².